The van der Waals surface area contributed by atoms with Gasteiger partial charge in [-0.2, -0.15) is 0 Å². The van der Waals surface area contributed by atoms with Gasteiger partial charge in [-0.25, -0.2) is 0 Å². The number of nitrogens with one attached hydrogen (secondary N) is 1. The van der Waals surface area contributed by atoms with E-state index in [-0.39, 0.29) is 42.4 Å². The molecule has 1 heterocycles. The van der Waals surface area contributed by atoms with E-state index < -0.39 is 0 Å². The molecule has 8 heteroatoms. The average Bonchev–Trinajstić information content (AvgIpc) is 3.62. The summed E-state index contributed by atoms with van der Waals surface area (Å²) in [7, 11) is 3.39. The molecule has 1 saturated carbocycles. The van der Waals surface area contributed by atoms with Gasteiger partial charge < -0.3 is 24.6 Å². The van der Waals surface area contributed by atoms with Crippen molar-refractivity contribution in [1.29, 1.82) is 0 Å². The Morgan fingerprint density at radius 1 is 1.21 bits per heavy atom. The third-order valence-electron chi connectivity index (χ3n) is 6.69. The summed E-state index contributed by atoms with van der Waals surface area (Å²) in [6.45, 7) is 7.16. The molecule has 1 aliphatic carbocycles. The summed E-state index contributed by atoms with van der Waals surface area (Å²) < 4.78 is 11.9. The Kier molecular flexibility index (Phi) is 8.94. The first-order valence-electron chi connectivity index (χ1n) is 12.4. The van der Waals surface area contributed by atoms with Crippen molar-refractivity contribution in [1.82, 2.24) is 9.80 Å². The summed E-state index contributed by atoms with van der Waals surface area (Å²) in [4.78, 5) is 42.0. The number of carbonyl (C=O) groups excluding carboxylic acids is 3. The average molecular weight is 474 g/mol. The second-order valence-corrected chi connectivity index (χ2v) is 9.80. The van der Waals surface area contributed by atoms with Crippen LogP contribution in [0.4, 0.5) is 5.69 Å². The zero-order valence-electron chi connectivity index (χ0n) is 21.1. The quantitative estimate of drug-likeness (QED) is 0.683. The molecule has 1 N–H and O–H groups in total. The SMILES string of the molecule is CCCC(=O)Nc1ccc2c(c1)OC[C@@H](C)N(C(=O)CC1CC1)C[C@@H](C)[C@@H](OC)CN(C)C2=O. The minimum Gasteiger partial charge on any atom is -0.491 e. The lowest BCUT2D eigenvalue weighted by Crippen LogP contribution is -2.48. The van der Waals surface area contributed by atoms with Crippen molar-refractivity contribution in [3.63, 3.8) is 0 Å². The number of ether oxygens (including phenoxy) is 2. The fourth-order valence-electron chi connectivity index (χ4n) is 4.33. The van der Waals surface area contributed by atoms with E-state index in [0.717, 1.165) is 19.3 Å². The van der Waals surface area contributed by atoms with Gasteiger partial charge in [-0.05, 0) is 44.2 Å². The molecule has 0 aromatic heterocycles. The minimum absolute atomic E-state index is 0.0425. The van der Waals surface area contributed by atoms with Crippen LogP contribution in [0.25, 0.3) is 0 Å². The number of nitrogens with zero attached hydrogens (tertiary/aromatic N) is 2. The molecule has 1 fully saturated rings. The van der Waals surface area contributed by atoms with Crippen LogP contribution >= 0.6 is 0 Å². The van der Waals surface area contributed by atoms with Gasteiger partial charge >= 0.3 is 0 Å². The van der Waals surface area contributed by atoms with Crippen LogP contribution in [-0.4, -0.2) is 73.5 Å². The van der Waals surface area contributed by atoms with Crippen molar-refractivity contribution in [3.8, 4) is 5.75 Å². The van der Waals surface area contributed by atoms with Gasteiger partial charge in [-0.3, -0.25) is 14.4 Å². The number of anilines is 1. The highest BCUT2D eigenvalue weighted by Crippen LogP contribution is 2.33. The van der Waals surface area contributed by atoms with Crippen LogP contribution < -0.4 is 10.1 Å². The van der Waals surface area contributed by atoms with Crippen molar-refractivity contribution in [2.75, 3.05) is 39.2 Å². The van der Waals surface area contributed by atoms with Crippen LogP contribution in [0.2, 0.25) is 0 Å². The molecule has 3 atom stereocenters. The van der Waals surface area contributed by atoms with Crippen molar-refractivity contribution in [2.24, 2.45) is 11.8 Å². The van der Waals surface area contributed by atoms with Crippen LogP contribution in [0, 0.1) is 11.8 Å². The fourth-order valence-corrected chi connectivity index (χ4v) is 4.33. The van der Waals surface area contributed by atoms with Gasteiger partial charge in [-0.1, -0.05) is 13.8 Å². The number of likely N-dealkylation sites (N-methyl/N-ethyl adjacent to an activating group) is 1. The molecule has 0 radical (unpaired) electrons. The van der Waals surface area contributed by atoms with Crippen LogP contribution in [0.5, 0.6) is 5.75 Å². The Balaban J connectivity index is 1.91. The topological polar surface area (TPSA) is 88.2 Å². The molecule has 3 rings (SSSR count). The first kappa shape index (κ1) is 26.0. The predicted octanol–water partition coefficient (Wildman–Crippen LogP) is 3.56. The van der Waals surface area contributed by atoms with Crippen LogP contribution in [0.3, 0.4) is 0 Å². The van der Waals surface area contributed by atoms with Crippen LogP contribution in [-0.2, 0) is 14.3 Å². The summed E-state index contributed by atoms with van der Waals surface area (Å²) in [5.41, 5.74) is 1.000. The lowest BCUT2D eigenvalue weighted by Gasteiger charge is -2.36. The third-order valence-corrected chi connectivity index (χ3v) is 6.69. The van der Waals surface area contributed by atoms with E-state index in [1.807, 2.05) is 18.7 Å². The van der Waals surface area contributed by atoms with Crippen LogP contribution in [0.1, 0.15) is 63.2 Å². The van der Waals surface area contributed by atoms with E-state index in [4.69, 9.17) is 9.47 Å². The zero-order chi connectivity index (χ0) is 24.8. The zero-order valence-corrected chi connectivity index (χ0v) is 21.1. The minimum atomic E-state index is -0.214. The Morgan fingerprint density at radius 3 is 2.59 bits per heavy atom. The number of benzene rings is 1. The molecule has 1 aromatic carbocycles. The number of rotatable bonds is 6. The fraction of sp³-hybridized carbons (Fsp3) is 0.654. The molecular formula is C26H39N3O5. The third kappa shape index (κ3) is 6.72. The molecule has 34 heavy (non-hydrogen) atoms. The first-order valence-corrected chi connectivity index (χ1v) is 12.4. The van der Waals surface area contributed by atoms with Crippen molar-refractivity contribution in [2.45, 2.75) is 65.0 Å². The van der Waals surface area contributed by atoms with Crippen molar-refractivity contribution >= 4 is 23.4 Å². The standard InChI is InChI=1S/C26H39N3O5/c1-6-7-24(30)27-20-10-11-21-22(13-20)34-16-18(3)29(25(31)12-19-8-9-19)14-17(2)23(33-5)15-28(4)26(21)32/h10-11,13,17-19,23H,6-9,12,14-16H2,1-5H3,(H,27,30)/t17-,18-,23+/m1/s1. The monoisotopic (exact) mass is 473 g/mol. The lowest BCUT2D eigenvalue weighted by molar-refractivity contribution is -0.135. The number of hydrogen-bond acceptors (Lipinski definition) is 5. The van der Waals surface area contributed by atoms with Gasteiger partial charge in [0.1, 0.15) is 12.4 Å². The number of carbonyl (C=O) groups is 3. The summed E-state index contributed by atoms with van der Waals surface area (Å²) in [5.74, 6) is 0.819. The van der Waals surface area contributed by atoms with E-state index >= 15 is 0 Å². The maximum atomic E-state index is 13.3. The molecule has 8 nitrogen and oxygen atoms in total. The molecule has 1 aliphatic heterocycles. The molecular weight excluding hydrogens is 434 g/mol. The Morgan fingerprint density at radius 2 is 1.94 bits per heavy atom. The predicted molar refractivity (Wildman–Crippen MR) is 131 cm³/mol. The molecule has 2 aliphatic rings. The van der Waals surface area contributed by atoms with Gasteiger partial charge in [0, 0.05) is 57.8 Å². The number of amides is 3. The van der Waals surface area contributed by atoms with E-state index in [9.17, 15) is 14.4 Å². The summed E-state index contributed by atoms with van der Waals surface area (Å²) in [6.07, 6.45) is 3.76. The second kappa shape index (κ2) is 11.7. The number of fused-ring (bicyclic) bond motifs is 1. The molecule has 0 saturated heterocycles. The molecule has 0 unspecified atom stereocenters. The van der Waals surface area contributed by atoms with Crippen LogP contribution in [0.15, 0.2) is 18.2 Å². The summed E-state index contributed by atoms with van der Waals surface area (Å²) in [5, 5.41) is 2.87. The molecule has 188 valence electrons. The molecule has 3 amide bonds. The number of hydrogen-bond donors (Lipinski definition) is 1. The van der Waals surface area contributed by atoms with Gasteiger partial charge in [0.25, 0.3) is 5.91 Å². The van der Waals surface area contributed by atoms with Gasteiger partial charge in [0.2, 0.25) is 11.8 Å². The highest BCUT2D eigenvalue weighted by molar-refractivity contribution is 5.98. The summed E-state index contributed by atoms with van der Waals surface area (Å²) >= 11 is 0. The molecule has 0 bridgehead atoms. The van der Waals surface area contributed by atoms with E-state index in [1.54, 1.807) is 37.3 Å². The highest BCUT2D eigenvalue weighted by atomic mass is 16.5. The van der Waals surface area contributed by atoms with Crippen molar-refractivity contribution in [3.05, 3.63) is 23.8 Å². The Hall–Kier alpha value is -2.61. The van der Waals surface area contributed by atoms with Crippen molar-refractivity contribution < 1.29 is 23.9 Å². The van der Waals surface area contributed by atoms with E-state index in [1.165, 1.54) is 0 Å². The lowest BCUT2D eigenvalue weighted by atomic mass is 10.0. The maximum Gasteiger partial charge on any atom is 0.257 e. The molecule has 1 aromatic rings. The first-order chi connectivity index (χ1) is 16.2. The van der Waals surface area contributed by atoms with E-state index in [2.05, 4.69) is 12.2 Å². The van der Waals surface area contributed by atoms with Gasteiger partial charge in [-0.15, -0.1) is 0 Å². The maximum absolute atomic E-state index is 13.3. The summed E-state index contributed by atoms with van der Waals surface area (Å²) in [6, 6.07) is 4.93. The van der Waals surface area contributed by atoms with Gasteiger partial charge in [0.15, 0.2) is 0 Å². The van der Waals surface area contributed by atoms with E-state index in [0.29, 0.717) is 48.8 Å². The largest absolute Gasteiger partial charge is 0.491 e. The molecule has 0 spiro atoms. The normalized spacial score (nSPS) is 23.9. The highest BCUT2D eigenvalue weighted by Gasteiger charge is 2.33. The Labute approximate surface area is 202 Å². The number of methoxy groups -OCH3 is 1. The second-order valence-electron chi connectivity index (χ2n) is 9.80. The van der Waals surface area contributed by atoms with Gasteiger partial charge in [0.05, 0.1) is 17.7 Å². The smallest absolute Gasteiger partial charge is 0.257 e. The Bertz CT molecular complexity index is 885.